The average molecular weight is 318 g/mol. The van der Waals surface area contributed by atoms with E-state index in [2.05, 4.69) is 27.7 Å². The van der Waals surface area contributed by atoms with Crippen LogP contribution < -0.4 is 5.11 Å². The van der Waals surface area contributed by atoms with Crippen molar-refractivity contribution in [2.45, 2.75) is 53.4 Å². The first kappa shape index (κ1) is 20.4. The zero-order valence-electron chi connectivity index (χ0n) is 13.9. The van der Waals surface area contributed by atoms with Crippen molar-refractivity contribution in [2.75, 3.05) is 24.6 Å². The fraction of sp³-hybridized carbons (Fsp3) is 0.875. The van der Waals surface area contributed by atoms with Crippen LogP contribution >= 0.6 is 7.26 Å². The van der Waals surface area contributed by atoms with E-state index in [0.717, 1.165) is 12.8 Å². The number of carbonyl (C=O) groups excluding carboxylic acids is 1. The number of carboxylic acid groups (broad SMARTS) is 2. The molecule has 0 aromatic rings. The molecule has 1 saturated carbocycles. The van der Waals surface area contributed by atoms with E-state index in [-0.39, 0.29) is 5.92 Å². The highest BCUT2D eigenvalue weighted by Gasteiger charge is 2.31. The Labute approximate surface area is 129 Å². The Morgan fingerprint density at radius 2 is 1.43 bits per heavy atom. The van der Waals surface area contributed by atoms with Gasteiger partial charge in [0.1, 0.15) is 0 Å². The van der Waals surface area contributed by atoms with Crippen molar-refractivity contribution in [2.24, 2.45) is 11.8 Å². The van der Waals surface area contributed by atoms with Crippen LogP contribution in [0.4, 0.5) is 0 Å². The summed E-state index contributed by atoms with van der Waals surface area (Å²) in [5.41, 5.74) is 0. The monoisotopic (exact) mass is 318 g/mol. The molecular formula is C16H31O4P. The van der Waals surface area contributed by atoms with E-state index in [1.54, 1.807) is 0 Å². The van der Waals surface area contributed by atoms with Crippen LogP contribution in [0.3, 0.4) is 0 Å². The summed E-state index contributed by atoms with van der Waals surface area (Å²) >= 11 is 0. The van der Waals surface area contributed by atoms with Crippen LogP contribution in [-0.4, -0.2) is 41.7 Å². The van der Waals surface area contributed by atoms with Gasteiger partial charge >= 0.3 is 5.97 Å². The number of carboxylic acids is 2. The van der Waals surface area contributed by atoms with Crippen LogP contribution in [-0.2, 0) is 9.59 Å². The smallest absolute Gasteiger partial charge is 0.312 e. The molecule has 0 saturated heterocycles. The number of rotatable bonds is 7. The molecule has 1 aliphatic rings. The Hall–Kier alpha value is -0.630. The number of carbonyl (C=O) groups is 2. The summed E-state index contributed by atoms with van der Waals surface area (Å²) in [5.74, 6) is -4.23. The second-order valence-corrected chi connectivity index (χ2v) is 11.0. The second-order valence-electron chi connectivity index (χ2n) is 5.79. The normalized spacial score (nSPS) is 17.0. The van der Waals surface area contributed by atoms with Crippen LogP contribution in [0.15, 0.2) is 0 Å². The summed E-state index contributed by atoms with van der Waals surface area (Å²) in [4.78, 5) is 20.9. The molecule has 1 unspecified atom stereocenters. The lowest BCUT2D eigenvalue weighted by Crippen LogP contribution is -2.40. The Morgan fingerprint density at radius 1 is 1.05 bits per heavy atom. The standard InChI is InChI=1S/C8H12O4.C8H20P/c9-7(10)6(8(11)12)5-3-1-2-4-5;1-5-9(6-2,7-3)8-4/h5-6H,1-4H2,(H,9,10)(H,11,12);5-8H2,1-4H3/q;+1/p-1. The van der Waals surface area contributed by atoms with Gasteiger partial charge in [-0.3, -0.25) is 4.79 Å². The Balaban J connectivity index is 0.000000400. The van der Waals surface area contributed by atoms with Gasteiger partial charge < -0.3 is 15.0 Å². The molecule has 0 aromatic heterocycles. The van der Waals surface area contributed by atoms with Crippen LogP contribution in [0.1, 0.15) is 53.4 Å². The summed E-state index contributed by atoms with van der Waals surface area (Å²) in [7, 11) is -0.420. The van der Waals surface area contributed by atoms with Crippen LogP contribution in [0, 0.1) is 11.8 Å². The predicted octanol–water partition coefficient (Wildman–Crippen LogP) is 2.71. The maximum Gasteiger partial charge on any atom is 0.312 e. The molecule has 124 valence electrons. The van der Waals surface area contributed by atoms with Crippen molar-refractivity contribution >= 4 is 19.2 Å². The van der Waals surface area contributed by atoms with E-state index < -0.39 is 25.1 Å². The van der Waals surface area contributed by atoms with Gasteiger partial charge in [-0.15, -0.1) is 0 Å². The lowest BCUT2D eigenvalue weighted by Gasteiger charge is -2.20. The molecule has 0 heterocycles. The SMILES string of the molecule is CC[P+](CC)(CC)CC.O=C([O-])C(C(=O)O)C1CCCC1. The third-order valence-electron chi connectivity index (χ3n) is 5.07. The molecule has 1 atom stereocenters. The summed E-state index contributed by atoms with van der Waals surface area (Å²) in [6.07, 6.45) is 9.08. The fourth-order valence-corrected chi connectivity index (χ4v) is 5.81. The first-order valence-corrected chi connectivity index (χ1v) is 10.7. The zero-order chi connectivity index (χ0) is 16.5. The van der Waals surface area contributed by atoms with Crippen molar-refractivity contribution in [3.05, 3.63) is 0 Å². The Bertz CT molecular complexity index is 289. The maximum absolute atomic E-state index is 10.5. The quantitative estimate of drug-likeness (QED) is 0.578. The minimum absolute atomic E-state index is 0.215. The van der Waals surface area contributed by atoms with Crippen molar-refractivity contribution < 1.29 is 19.8 Å². The minimum Gasteiger partial charge on any atom is -0.549 e. The number of aliphatic carboxylic acids is 2. The third-order valence-corrected chi connectivity index (χ3v) is 10.4. The third kappa shape index (κ3) is 6.34. The van der Waals surface area contributed by atoms with Crippen molar-refractivity contribution in [1.29, 1.82) is 0 Å². The highest BCUT2D eigenvalue weighted by molar-refractivity contribution is 7.75. The molecule has 1 fully saturated rings. The van der Waals surface area contributed by atoms with Gasteiger partial charge in [0.2, 0.25) is 0 Å². The lowest BCUT2D eigenvalue weighted by molar-refractivity contribution is -0.312. The van der Waals surface area contributed by atoms with Crippen molar-refractivity contribution in [3.63, 3.8) is 0 Å². The van der Waals surface area contributed by atoms with Crippen molar-refractivity contribution in [1.82, 2.24) is 0 Å². The molecule has 0 spiro atoms. The molecule has 21 heavy (non-hydrogen) atoms. The molecule has 1 rings (SSSR count). The molecule has 5 heteroatoms. The second kappa shape index (κ2) is 10.2. The van der Waals surface area contributed by atoms with E-state index >= 15 is 0 Å². The fourth-order valence-electron chi connectivity index (χ4n) is 3.13. The average Bonchev–Trinajstić information content (AvgIpc) is 2.96. The highest BCUT2D eigenvalue weighted by atomic mass is 31.2. The van der Waals surface area contributed by atoms with Crippen LogP contribution in [0.5, 0.6) is 0 Å². The predicted molar refractivity (Wildman–Crippen MR) is 87.2 cm³/mol. The summed E-state index contributed by atoms with van der Waals surface area (Å²) in [5, 5.41) is 19.0. The van der Waals surface area contributed by atoms with Gasteiger partial charge in [0.25, 0.3) is 0 Å². The molecule has 1 N–H and O–H groups in total. The van der Waals surface area contributed by atoms with Gasteiger partial charge in [-0.25, -0.2) is 0 Å². The van der Waals surface area contributed by atoms with E-state index in [1.807, 2.05) is 0 Å². The zero-order valence-corrected chi connectivity index (χ0v) is 14.8. The van der Waals surface area contributed by atoms with Gasteiger partial charge in [0.15, 0.2) is 0 Å². The summed E-state index contributed by atoms with van der Waals surface area (Å²) in [6, 6.07) is 0. The van der Waals surface area contributed by atoms with Gasteiger partial charge in [0.05, 0.1) is 36.5 Å². The van der Waals surface area contributed by atoms with Crippen molar-refractivity contribution in [3.8, 4) is 0 Å². The molecule has 0 aromatic carbocycles. The minimum atomic E-state index is -1.45. The Kier molecular flexibility index (Phi) is 9.85. The largest absolute Gasteiger partial charge is 0.549 e. The topological polar surface area (TPSA) is 77.4 Å². The van der Waals surface area contributed by atoms with Gasteiger partial charge in [-0.1, -0.05) is 12.8 Å². The first-order valence-electron chi connectivity index (χ1n) is 8.16. The molecule has 0 aliphatic heterocycles. The van der Waals surface area contributed by atoms with Crippen LogP contribution in [0.25, 0.3) is 0 Å². The highest BCUT2D eigenvalue weighted by Crippen LogP contribution is 2.57. The van der Waals surface area contributed by atoms with E-state index in [1.165, 1.54) is 24.6 Å². The van der Waals surface area contributed by atoms with E-state index in [0.29, 0.717) is 12.8 Å². The first-order chi connectivity index (χ1) is 9.87. The maximum atomic E-state index is 10.5. The molecule has 0 amide bonds. The molecule has 0 radical (unpaired) electrons. The van der Waals surface area contributed by atoms with E-state index in [4.69, 9.17) is 5.11 Å². The molecule has 4 nitrogen and oxygen atoms in total. The molecule has 0 bridgehead atoms. The van der Waals surface area contributed by atoms with Crippen LogP contribution in [0.2, 0.25) is 0 Å². The van der Waals surface area contributed by atoms with E-state index in [9.17, 15) is 14.7 Å². The number of hydrogen-bond acceptors (Lipinski definition) is 3. The molecule has 1 aliphatic carbocycles. The number of hydrogen-bond donors (Lipinski definition) is 1. The summed E-state index contributed by atoms with van der Waals surface area (Å²) < 4.78 is 0. The van der Waals surface area contributed by atoms with Gasteiger partial charge in [-0.2, -0.15) is 0 Å². The lowest BCUT2D eigenvalue weighted by atomic mass is 9.91. The van der Waals surface area contributed by atoms with Gasteiger partial charge in [-0.05, 0) is 46.5 Å². The summed E-state index contributed by atoms with van der Waals surface area (Å²) in [6.45, 7) is 9.41. The molecular weight excluding hydrogens is 287 g/mol. The Morgan fingerprint density at radius 3 is 1.62 bits per heavy atom. The van der Waals surface area contributed by atoms with Gasteiger partial charge in [0, 0.05) is 7.26 Å².